The zero-order valence-electron chi connectivity index (χ0n) is 27.1. The molecule has 48 heavy (non-hydrogen) atoms. The van der Waals surface area contributed by atoms with E-state index in [0.717, 1.165) is 18.4 Å². The third-order valence-corrected chi connectivity index (χ3v) is 7.78. The summed E-state index contributed by atoms with van der Waals surface area (Å²) in [6, 6.07) is 7.85. The van der Waals surface area contributed by atoms with Crippen LogP contribution in [0.15, 0.2) is 30.3 Å². The number of ether oxygens (including phenoxy) is 1. The first-order valence-electron chi connectivity index (χ1n) is 16.1. The third-order valence-electron chi connectivity index (χ3n) is 7.78. The number of rotatable bonds is 21. The first kappa shape index (κ1) is 37.6. The molecule has 16 nitrogen and oxygen atoms in total. The standard InChI is InChI=1S/C32H45N7O9/c1-33-32(47)30(22-11-12-22)48-20-37-26(42)18-36-31(46)23(16-21-8-4-2-5-9-21)38-27(43)19-35-25(41)17-34-24(40)10-6-3-7-15-39-28(44)13-14-29(39)45/h2,4-5,8-9,22-23,30H,3,6-7,10-20H2,1H3,(H,33,47)(H,34,40)(H,35,41)(H,36,46)(H,37,42)(H,38,43). The molecule has 2 aliphatic rings. The van der Waals surface area contributed by atoms with E-state index < -0.39 is 48.9 Å². The summed E-state index contributed by atoms with van der Waals surface area (Å²) in [6.07, 6.45) is 3.59. The predicted octanol–water partition coefficient (Wildman–Crippen LogP) is -1.61. The van der Waals surface area contributed by atoms with Crippen molar-refractivity contribution in [3.63, 3.8) is 0 Å². The van der Waals surface area contributed by atoms with E-state index in [2.05, 4.69) is 31.9 Å². The van der Waals surface area contributed by atoms with E-state index in [1.807, 2.05) is 0 Å². The Bertz CT molecular complexity index is 1300. The number of unbranched alkanes of at least 4 members (excludes halogenated alkanes) is 2. The van der Waals surface area contributed by atoms with Gasteiger partial charge in [0.05, 0.1) is 19.6 Å². The minimum atomic E-state index is -1.06. The highest BCUT2D eigenvalue weighted by Gasteiger charge is 2.36. The Morgan fingerprint density at radius 3 is 2.06 bits per heavy atom. The molecule has 2 atom stereocenters. The minimum Gasteiger partial charge on any atom is -0.357 e. The number of nitrogens with zero attached hydrogens (tertiary/aromatic N) is 1. The van der Waals surface area contributed by atoms with E-state index in [9.17, 15) is 38.4 Å². The molecule has 0 bridgehead atoms. The summed E-state index contributed by atoms with van der Waals surface area (Å²) in [6.45, 7) is -1.07. The van der Waals surface area contributed by atoms with E-state index in [1.54, 1.807) is 30.3 Å². The number of likely N-dealkylation sites (N-methyl/N-ethyl adjacent to an activating group) is 1. The molecule has 2 fully saturated rings. The highest BCUT2D eigenvalue weighted by atomic mass is 16.5. The number of amides is 8. The van der Waals surface area contributed by atoms with Gasteiger partial charge in [0.15, 0.2) is 0 Å². The molecule has 8 amide bonds. The van der Waals surface area contributed by atoms with Crippen molar-refractivity contribution >= 4 is 47.3 Å². The van der Waals surface area contributed by atoms with Crippen molar-refractivity contribution in [3.8, 4) is 0 Å². The average Bonchev–Trinajstić information content (AvgIpc) is 3.87. The smallest absolute Gasteiger partial charge is 0.249 e. The summed E-state index contributed by atoms with van der Waals surface area (Å²) in [5.74, 6) is -3.28. The van der Waals surface area contributed by atoms with Gasteiger partial charge in [0.2, 0.25) is 47.3 Å². The second-order valence-corrected chi connectivity index (χ2v) is 11.6. The van der Waals surface area contributed by atoms with Crippen LogP contribution in [0.4, 0.5) is 0 Å². The fraction of sp³-hybridized carbons (Fsp3) is 0.562. The van der Waals surface area contributed by atoms with Crippen molar-refractivity contribution in [1.82, 2.24) is 36.8 Å². The summed E-state index contributed by atoms with van der Waals surface area (Å²) in [7, 11) is 1.51. The lowest BCUT2D eigenvalue weighted by Gasteiger charge is -2.19. The van der Waals surface area contributed by atoms with Crippen LogP contribution in [0.25, 0.3) is 0 Å². The molecule has 16 heteroatoms. The van der Waals surface area contributed by atoms with Crippen LogP contribution in [-0.4, -0.2) is 104 Å². The van der Waals surface area contributed by atoms with Crippen LogP contribution in [0, 0.1) is 5.92 Å². The maximum absolute atomic E-state index is 13.0. The zero-order chi connectivity index (χ0) is 34.9. The molecule has 0 aromatic heterocycles. The van der Waals surface area contributed by atoms with Gasteiger partial charge < -0.3 is 36.6 Å². The molecule has 1 saturated heterocycles. The Labute approximate surface area is 278 Å². The molecular formula is C32H45N7O9. The van der Waals surface area contributed by atoms with Crippen molar-refractivity contribution in [1.29, 1.82) is 0 Å². The number of carbonyl (C=O) groups excluding carboxylic acids is 8. The SMILES string of the molecule is CNC(=O)C(OCNC(=O)CNC(=O)C(Cc1ccccc1)NC(=O)CNC(=O)CNC(=O)CCCCCN1C(=O)CCC1=O)C1CC1. The summed E-state index contributed by atoms with van der Waals surface area (Å²) in [4.78, 5) is 98.7. The molecule has 3 rings (SSSR count). The summed E-state index contributed by atoms with van der Waals surface area (Å²) in [5, 5.41) is 15.0. The number of likely N-dealkylation sites (tertiary alicyclic amines) is 1. The van der Waals surface area contributed by atoms with Gasteiger partial charge in [0, 0.05) is 39.3 Å². The Morgan fingerprint density at radius 1 is 0.771 bits per heavy atom. The minimum absolute atomic E-state index is 0.114. The zero-order valence-corrected chi connectivity index (χ0v) is 27.1. The highest BCUT2D eigenvalue weighted by molar-refractivity contribution is 6.01. The molecule has 0 spiro atoms. The summed E-state index contributed by atoms with van der Waals surface area (Å²) >= 11 is 0. The fourth-order valence-electron chi connectivity index (χ4n) is 4.95. The number of imide groups is 1. The van der Waals surface area contributed by atoms with Crippen LogP contribution >= 0.6 is 0 Å². The van der Waals surface area contributed by atoms with Gasteiger partial charge in [-0.15, -0.1) is 0 Å². The van der Waals surface area contributed by atoms with E-state index >= 15 is 0 Å². The number of hydrogen-bond donors (Lipinski definition) is 6. The van der Waals surface area contributed by atoms with E-state index in [0.29, 0.717) is 25.8 Å². The van der Waals surface area contributed by atoms with Gasteiger partial charge in [-0.2, -0.15) is 0 Å². The molecule has 1 aromatic rings. The summed E-state index contributed by atoms with van der Waals surface area (Å²) in [5.41, 5.74) is 0.751. The lowest BCUT2D eigenvalue weighted by molar-refractivity contribution is -0.138. The Kier molecular flexibility index (Phi) is 15.4. The van der Waals surface area contributed by atoms with Crippen molar-refractivity contribution in [2.45, 2.75) is 69.9 Å². The monoisotopic (exact) mass is 671 g/mol. The lowest BCUT2D eigenvalue weighted by atomic mass is 10.1. The van der Waals surface area contributed by atoms with Gasteiger partial charge in [-0.05, 0) is 37.2 Å². The molecule has 1 saturated carbocycles. The first-order valence-corrected chi connectivity index (χ1v) is 16.1. The Balaban J connectivity index is 1.34. The highest BCUT2D eigenvalue weighted by Crippen LogP contribution is 2.34. The van der Waals surface area contributed by atoms with Gasteiger partial charge in [0.1, 0.15) is 18.9 Å². The Morgan fingerprint density at radius 2 is 1.40 bits per heavy atom. The maximum atomic E-state index is 13.0. The topological polar surface area (TPSA) is 221 Å². The van der Waals surface area contributed by atoms with Crippen molar-refractivity contribution in [2.75, 3.05) is 40.0 Å². The number of benzene rings is 1. The van der Waals surface area contributed by atoms with Crippen molar-refractivity contribution in [2.24, 2.45) is 5.92 Å². The van der Waals surface area contributed by atoms with Crippen LogP contribution in [0.3, 0.4) is 0 Å². The van der Waals surface area contributed by atoms with Gasteiger partial charge in [-0.25, -0.2) is 0 Å². The number of carbonyl (C=O) groups is 8. The normalized spacial score (nSPS) is 15.2. The second kappa shape index (κ2) is 19.7. The first-order chi connectivity index (χ1) is 23.1. The van der Waals surface area contributed by atoms with E-state index in [-0.39, 0.29) is 68.5 Å². The van der Waals surface area contributed by atoms with E-state index in [1.165, 1.54) is 11.9 Å². The Hall–Kier alpha value is -4.86. The van der Waals surface area contributed by atoms with Crippen molar-refractivity contribution < 1.29 is 43.1 Å². The fourth-order valence-corrected chi connectivity index (χ4v) is 4.95. The lowest BCUT2D eigenvalue weighted by Crippen LogP contribution is -2.52. The number of nitrogens with one attached hydrogen (secondary N) is 6. The largest absolute Gasteiger partial charge is 0.357 e. The van der Waals surface area contributed by atoms with Crippen LogP contribution in [0.2, 0.25) is 0 Å². The van der Waals surface area contributed by atoms with Gasteiger partial charge in [-0.1, -0.05) is 36.8 Å². The van der Waals surface area contributed by atoms with E-state index in [4.69, 9.17) is 4.74 Å². The summed E-state index contributed by atoms with van der Waals surface area (Å²) < 4.78 is 5.51. The molecule has 1 heterocycles. The second-order valence-electron chi connectivity index (χ2n) is 11.6. The van der Waals surface area contributed by atoms with Gasteiger partial charge >= 0.3 is 0 Å². The molecule has 1 aromatic carbocycles. The van der Waals surface area contributed by atoms with Gasteiger partial charge in [-0.3, -0.25) is 43.3 Å². The quantitative estimate of drug-likeness (QED) is 0.0502. The van der Waals surface area contributed by atoms with Crippen LogP contribution in [0.1, 0.15) is 56.9 Å². The van der Waals surface area contributed by atoms with Crippen molar-refractivity contribution in [3.05, 3.63) is 35.9 Å². The molecule has 0 radical (unpaired) electrons. The van der Waals surface area contributed by atoms with Gasteiger partial charge in [0.25, 0.3) is 0 Å². The van der Waals surface area contributed by atoms with Crippen LogP contribution < -0.4 is 31.9 Å². The molecular weight excluding hydrogens is 626 g/mol. The molecule has 262 valence electrons. The number of hydrogen-bond acceptors (Lipinski definition) is 9. The van der Waals surface area contributed by atoms with Crippen LogP contribution in [0.5, 0.6) is 0 Å². The molecule has 1 aliphatic heterocycles. The molecule has 6 N–H and O–H groups in total. The molecule has 2 unspecified atom stereocenters. The predicted molar refractivity (Wildman–Crippen MR) is 170 cm³/mol. The van der Waals surface area contributed by atoms with Crippen LogP contribution in [-0.2, 0) is 49.5 Å². The average molecular weight is 672 g/mol. The third kappa shape index (κ3) is 13.5. The molecule has 1 aliphatic carbocycles. The maximum Gasteiger partial charge on any atom is 0.249 e.